The third kappa shape index (κ3) is 5.09. The summed E-state index contributed by atoms with van der Waals surface area (Å²) in [5.74, 6) is -2.11. The first-order valence-corrected chi connectivity index (χ1v) is 15.4. The van der Waals surface area contributed by atoms with E-state index in [4.69, 9.17) is 9.47 Å². The molecule has 0 saturated carbocycles. The first-order chi connectivity index (χ1) is 22.7. The summed E-state index contributed by atoms with van der Waals surface area (Å²) in [4.78, 5) is 0. The van der Waals surface area contributed by atoms with Crippen molar-refractivity contribution in [1.29, 1.82) is 0 Å². The van der Waals surface area contributed by atoms with Crippen molar-refractivity contribution in [2.75, 3.05) is 0 Å². The SMILES string of the molecule is Cc1cc2c3c(c1)-c1c(O)cc(/C=C/c4ccc(O)cc4O)cc1O[C@@]3(c1ccc(O)c(CCC(C)(C)O)c1O)Oc1cc(O)ccc1-2. The van der Waals surface area contributed by atoms with Gasteiger partial charge in [0.1, 0.15) is 46.0 Å². The van der Waals surface area contributed by atoms with Gasteiger partial charge in [-0.2, -0.15) is 0 Å². The average molecular weight is 647 g/mol. The van der Waals surface area contributed by atoms with E-state index in [1.807, 2.05) is 19.1 Å². The lowest BCUT2D eigenvalue weighted by Crippen LogP contribution is -2.45. The Labute approximate surface area is 276 Å². The minimum Gasteiger partial charge on any atom is -0.508 e. The van der Waals surface area contributed by atoms with E-state index < -0.39 is 11.4 Å². The number of phenolic OH excluding ortho intramolecular Hbond substituents is 6. The van der Waals surface area contributed by atoms with E-state index in [9.17, 15) is 35.7 Å². The number of aryl methyl sites for hydroxylation is 1. The maximum Gasteiger partial charge on any atom is 0.310 e. The van der Waals surface area contributed by atoms with E-state index in [1.165, 1.54) is 30.3 Å². The molecular formula is C39H34O9. The molecule has 0 amide bonds. The molecule has 7 N–H and O–H groups in total. The molecule has 2 aliphatic rings. The quantitative estimate of drug-likeness (QED) is 0.0932. The molecule has 9 heteroatoms. The van der Waals surface area contributed by atoms with Crippen molar-refractivity contribution in [2.45, 2.75) is 45.0 Å². The number of hydrogen-bond acceptors (Lipinski definition) is 9. The molecule has 0 spiro atoms. The molecule has 2 aliphatic heterocycles. The van der Waals surface area contributed by atoms with Crippen LogP contribution in [-0.4, -0.2) is 41.3 Å². The third-order valence-electron chi connectivity index (χ3n) is 8.82. The first-order valence-electron chi connectivity index (χ1n) is 15.4. The van der Waals surface area contributed by atoms with Crippen LogP contribution < -0.4 is 9.47 Å². The Morgan fingerprint density at radius 1 is 0.688 bits per heavy atom. The Hall–Kier alpha value is -5.80. The molecule has 0 saturated heterocycles. The molecule has 0 radical (unpaired) electrons. The molecule has 48 heavy (non-hydrogen) atoms. The normalized spacial score (nSPS) is 16.1. The third-order valence-corrected chi connectivity index (χ3v) is 8.82. The molecule has 0 fully saturated rings. The zero-order valence-corrected chi connectivity index (χ0v) is 26.4. The highest BCUT2D eigenvalue weighted by molar-refractivity contribution is 5.92. The summed E-state index contributed by atoms with van der Waals surface area (Å²) in [5.41, 5.74) is 4.02. The molecule has 5 aromatic rings. The lowest BCUT2D eigenvalue weighted by Gasteiger charge is -2.45. The maximum atomic E-state index is 11.9. The van der Waals surface area contributed by atoms with Gasteiger partial charge in [0.15, 0.2) is 0 Å². The van der Waals surface area contributed by atoms with Crippen LogP contribution in [0.1, 0.15) is 53.6 Å². The fourth-order valence-corrected chi connectivity index (χ4v) is 6.54. The fourth-order valence-electron chi connectivity index (χ4n) is 6.54. The van der Waals surface area contributed by atoms with E-state index in [2.05, 4.69) is 0 Å². The summed E-state index contributed by atoms with van der Waals surface area (Å²) >= 11 is 0. The molecule has 0 aliphatic carbocycles. The lowest BCUT2D eigenvalue weighted by molar-refractivity contribution is -0.0894. The second-order valence-electron chi connectivity index (χ2n) is 13.0. The average Bonchev–Trinajstić information content (AvgIpc) is 2.99. The molecule has 0 unspecified atom stereocenters. The van der Waals surface area contributed by atoms with Crippen LogP contribution >= 0.6 is 0 Å². The van der Waals surface area contributed by atoms with Crippen molar-refractivity contribution in [3.05, 3.63) is 106 Å². The molecule has 5 aromatic carbocycles. The second-order valence-corrected chi connectivity index (χ2v) is 13.0. The van der Waals surface area contributed by atoms with Crippen LogP contribution in [0.15, 0.2) is 72.8 Å². The Kier molecular flexibility index (Phi) is 6.99. The standard InChI is InChI=1S/C39H34O9/c1-20-14-27-25-9-8-24(41)19-33(25)47-39(29-10-11-30(42)26(37(29)45)12-13-38(2,3)46)36(27)28(15-20)35-32(44)16-21(17-34(35)48-39)4-5-22-6-7-23(40)18-31(22)43/h4-11,14-19,40-46H,12-13H2,1-3H3/b5-4+/t39-/m1/s1. The maximum absolute atomic E-state index is 11.9. The number of ether oxygens (including phenoxy) is 2. The van der Waals surface area contributed by atoms with E-state index >= 15 is 0 Å². The van der Waals surface area contributed by atoms with Gasteiger partial charge in [-0.25, -0.2) is 0 Å². The predicted molar refractivity (Wildman–Crippen MR) is 181 cm³/mol. The summed E-state index contributed by atoms with van der Waals surface area (Å²) in [6.07, 6.45) is 3.68. The van der Waals surface area contributed by atoms with E-state index in [1.54, 1.807) is 56.3 Å². The van der Waals surface area contributed by atoms with Crippen molar-refractivity contribution in [1.82, 2.24) is 0 Å². The molecule has 0 bridgehead atoms. The Morgan fingerprint density at radius 2 is 1.40 bits per heavy atom. The number of phenols is 6. The number of aliphatic hydroxyl groups is 1. The second kappa shape index (κ2) is 10.9. The molecule has 1 atom stereocenters. The summed E-state index contributed by atoms with van der Waals surface area (Å²) in [5, 5.41) is 75.1. The number of fused-ring (bicyclic) bond motifs is 4. The van der Waals surface area contributed by atoms with Gasteiger partial charge in [-0.3, -0.25) is 0 Å². The smallest absolute Gasteiger partial charge is 0.310 e. The minimum absolute atomic E-state index is 0.0419. The largest absolute Gasteiger partial charge is 0.508 e. The Bertz CT molecular complexity index is 2160. The summed E-state index contributed by atoms with van der Waals surface area (Å²) in [7, 11) is 0. The molecule has 9 nitrogen and oxygen atoms in total. The van der Waals surface area contributed by atoms with Gasteiger partial charge in [0, 0.05) is 34.4 Å². The molecular weight excluding hydrogens is 612 g/mol. The molecule has 2 heterocycles. The van der Waals surface area contributed by atoms with Crippen LogP contribution in [0.4, 0.5) is 0 Å². The zero-order valence-electron chi connectivity index (χ0n) is 26.4. The van der Waals surface area contributed by atoms with E-state index in [-0.39, 0.29) is 70.0 Å². The number of aromatic hydroxyl groups is 6. The highest BCUT2D eigenvalue weighted by atomic mass is 16.7. The van der Waals surface area contributed by atoms with Crippen LogP contribution in [0.5, 0.6) is 46.0 Å². The van der Waals surface area contributed by atoms with Crippen molar-refractivity contribution >= 4 is 12.2 Å². The van der Waals surface area contributed by atoms with Crippen molar-refractivity contribution in [2.24, 2.45) is 0 Å². The monoisotopic (exact) mass is 646 g/mol. The van der Waals surface area contributed by atoms with Gasteiger partial charge in [0.05, 0.1) is 22.3 Å². The molecule has 0 aromatic heterocycles. The Morgan fingerprint density at radius 3 is 2.15 bits per heavy atom. The van der Waals surface area contributed by atoms with Crippen LogP contribution in [0, 0.1) is 6.92 Å². The molecule has 7 rings (SSSR count). The van der Waals surface area contributed by atoms with Gasteiger partial charge in [-0.1, -0.05) is 24.3 Å². The van der Waals surface area contributed by atoms with Gasteiger partial charge in [-0.05, 0) is 98.8 Å². The fraction of sp³-hybridized carbons (Fsp3) is 0.179. The minimum atomic E-state index is -1.85. The topological polar surface area (TPSA) is 160 Å². The van der Waals surface area contributed by atoms with E-state index in [0.29, 0.717) is 38.9 Å². The highest BCUT2D eigenvalue weighted by Crippen LogP contribution is 2.60. The number of benzene rings is 5. The first kappa shape index (κ1) is 30.8. The summed E-state index contributed by atoms with van der Waals surface area (Å²) in [6.45, 7) is 5.21. The van der Waals surface area contributed by atoms with Crippen molar-refractivity contribution in [3.63, 3.8) is 0 Å². The van der Waals surface area contributed by atoms with Crippen LogP contribution in [0.2, 0.25) is 0 Å². The predicted octanol–water partition coefficient (Wildman–Crippen LogP) is 7.42. The summed E-state index contributed by atoms with van der Waals surface area (Å²) < 4.78 is 13.5. The van der Waals surface area contributed by atoms with Gasteiger partial charge in [0.2, 0.25) is 0 Å². The van der Waals surface area contributed by atoms with E-state index in [0.717, 1.165) is 5.56 Å². The van der Waals surface area contributed by atoms with Crippen molar-refractivity contribution < 1.29 is 45.2 Å². The van der Waals surface area contributed by atoms with Crippen LogP contribution in [-0.2, 0) is 12.2 Å². The highest BCUT2D eigenvalue weighted by Gasteiger charge is 2.52. The van der Waals surface area contributed by atoms with Gasteiger partial charge < -0.3 is 45.2 Å². The zero-order chi connectivity index (χ0) is 34.1. The number of hydrogen-bond donors (Lipinski definition) is 7. The number of rotatable bonds is 6. The lowest BCUT2D eigenvalue weighted by atomic mass is 9.78. The molecule has 244 valence electrons. The van der Waals surface area contributed by atoms with Gasteiger partial charge in [-0.15, -0.1) is 0 Å². The van der Waals surface area contributed by atoms with Gasteiger partial charge in [0.25, 0.3) is 0 Å². The Balaban J connectivity index is 1.48. The van der Waals surface area contributed by atoms with Crippen LogP contribution in [0.3, 0.4) is 0 Å². The van der Waals surface area contributed by atoms with Crippen LogP contribution in [0.25, 0.3) is 34.4 Å². The summed E-state index contributed by atoms with van der Waals surface area (Å²) in [6, 6.07) is 19.1. The van der Waals surface area contributed by atoms with Gasteiger partial charge >= 0.3 is 5.79 Å². The van der Waals surface area contributed by atoms with Crippen molar-refractivity contribution in [3.8, 4) is 68.2 Å².